The maximum absolute atomic E-state index is 11.0. The van der Waals surface area contributed by atoms with Gasteiger partial charge in [-0.3, -0.25) is 14.2 Å². The van der Waals surface area contributed by atoms with E-state index in [1.54, 1.807) is 12.4 Å². The molecule has 5 rings (SSSR count). The van der Waals surface area contributed by atoms with Gasteiger partial charge in [-0.15, -0.1) is 10.2 Å². The molecule has 1 fully saturated rings. The fourth-order valence-corrected chi connectivity index (χ4v) is 4.64. The Morgan fingerprint density at radius 1 is 1.25 bits per heavy atom. The van der Waals surface area contributed by atoms with E-state index in [1.807, 2.05) is 18.2 Å². The Labute approximate surface area is 209 Å². The number of nitrogens with zero attached hydrogens (tertiary/aromatic N) is 5. The van der Waals surface area contributed by atoms with Gasteiger partial charge < -0.3 is 18.4 Å². The molecule has 4 heterocycles. The van der Waals surface area contributed by atoms with Crippen LogP contribution in [0.4, 0.5) is 0 Å². The number of hydrogen-bond acceptors (Lipinski definition) is 10. The van der Waals surface area contributed by atoms with Crippen LogP contribution in [0.5, 0.6) is 5.88 Å². The van der Waals surface area contributed by atoms with Crippen molar-refractivity contribution in [1.29, 1.82) is 0 Å². The first-order valence-corrected chi connectivity index (χ1v) is 12.4. The fraction of sp³-hybridized carbons (Fsp3) is 0.391. The number of rotatable bonds is 8. The predicted molar refractivity (Wildman–Crippen MR) is 130 cm³/mol. The summed E-state index contributed by atoms with van der Waals surface area (Å²) in [6.45, 7) is 6.94. The van der Waals surface area contributed by atoms with Gasteiger partial charge in [0.05, 0.1) is 43.1 Å². The van der Waals surface area contributed by atoms with Gasteiger partial charge in [0.25, 0.3) is 0 Å². The standard InChI is InChI=1S/C23H27N7O5S/c1-23(2)13-30(4-5-34-23)12-20-28-29-22(35-20)17-7-14(8-19-18(17)11-25-27-19)15-6-16(10-26-36(31)32)21(33-3)24-9-15/h6-9,11,26H,4-5,10,12-13H2,1-3H3,(H,25,27)(H,31,32)/p-1. The highest BCUT2D eigenvalue weighted by molar-refractivity contribution is 7.77. The van der Waals surface area contributed by atoms with Crippen LogP contribution in [0.2, 0.25) is 0 Å². The molecule has 1 unspecified atom stereocenters. The molecule has 3 aromatic heterocycles. The number of H-pyrrole nitrogens is 1. The number of ether oxygens (including phenoxy) is 2. The van der Waals surface area contributed by atoms with Crippen molar-refractivity contribution < 1.29 is 22.7 Å². The highest BCUT2D eigenvalue weighted by atomic mass is 32.2. The molecule has 4 aromatic rings. The average molecular weight is 513 g/mol. The summed E-state index contributed by atoms with van der Waals surface area (Å²) in [5.41, 5.74) is 3.47. The lowest BCUT2D eigenvalue weighted by Crippen LogP contribution is -2.47. The maximum Gasteiger partial charge on any atom is 0.248 e. The van der Waals surface area contributed by atoms with Gasteiger partial charge >= 0.3 is 0 Å². The summed E-state index contributed by atoms with van der Waals surface area (Å²) in [7, 11) is 1.49. The first-order valence-electron chi connectivity index (χ1n) is 11.3. The van der Waals surface area contributed by atoms with E-state index in [0.29, 0.717) is 36.4 Å². The summed E-state index contributed by atoms with van der Waals surface area (Å²) in [4.78, 5) is 6.58. The quantitative estimate of drug-likeness (QED) is 0.336. The normalized spacial score (nSPS) is 16.9. The molecular weight excluding hydrogens is 486 g/mol. The van der Waals surface area contributed by atoms with Gasteiger partial charge in [-0.05, 0) is 37.6 Å². The third-order valence-electron chi connectivity index (χ3n) is 5.95. The van der Waals surface area contributed by atoms with Crippen LogP contribution in [0, 0.1) is 0 Å². The Kier molecular flexibility index (Phi) is 6.81. The molecule has 1 aromatic carbocycles. The summed E-state index contributed by atoms with van der Waals surface area (Å²) in [6, 6.07) is 5.69. The van der Waals surface area contributed by atoms with Gasteiger partial charge in [-0.2, -0.15) is 5.10 Å². The number of benzene rings is 1. The minimum absolute atomic E-state index is 0.0463. The van der Waals surface area contributed by atoms with Crippen LogP contribution in [0.3, 0.4) is 0 Å². The van der Waals surface area contributed by atoms with E-state index in [1.165, 1.54) is 7.11 Å². The van der Waals surface area contributed by atoms with E-state index >= 15 is 0 Å². The van der Waals surface area contributed by atoms with Crippen LogP contribution in [0.1, 0.15) is 25.3 Å². The van der Waals surface area contributed by atoms with Crippen LogP contribution in [-0.4, -0.2) is 71.4 Å². The van der Waals surface area contributed by atoms with Crippen LogP contribution >= 0.6 is 0 Å². The number of methoxy groups -OCH3 is 1. The molecule has 0 spiro atoms. The molecule has 0 amide bonds. The SMILES string of the molecule is COc1ncc(-c2cc(-c3nnc(CN4CCOC(C)(C)C4)o3)c3cn[nH]c3c2)cc1CNS(=O)[O-]. The summed E-state index contributed by atoms with van der Waals surface area (Å²) in [5, 5.41) is 16.6. The van der Waals surface area contributed by atoms with Gasteiger partial charge in [0.2, 0.25) is 17.7 Å². The number of nitrogens with one attached hydrogen (secondary N) is 2. The lowest BCUT2D eigenvalue weighted by Gasteiger charge is -2.37. The number of morpholine rings is 1. The largest absolute Gasteiger partial charge is 0.760 e. The zero-order valence-electron chi connectivity index (χ0n) is 20.1. The fourth-order valence-electron chi connectivity index (χ4n) is 4.36. The molecule has 36 heavy (non-hydrogen) atoms. The molecule has 1 atom stereocenters. The van der Waals surface area contributed by atoms with Crippen molar-refractivity contribution in [1.82, 2.24) is 35.0 Å². The van der Waals surface area contributed by atoms with E-state index in [0.717, 1.165) is 40.7 Å². The minimum Gasteiger partial charge on any atom is -0.760 e. The van der Waals surface area contributed by atoms with E-state index in [9.17, 15) is 8.76 Å². The van der Waals surface area contributed by atoms with E-state index in [2.05, 4.69) is 48.8 Å². The minimum atomic E-state index is -2.41. The van der Waals surface area contributed by atoms with Crippen molar-refractivity contribution >= 4 is 22.2 Å². The number of aromatic nitrogens is 5. The Morgan fingerprint density at radius 2 is 2.11 bits per heavy atom. The van der Waals surface area contributed by atoms with Crippen molar-refractivity contribution in [2.45, 2.75) is 32.5 Å². The molecule has 12 nitrogen and oxygen atoms in total. The second kappa shape index (κ2) is 10.0. The molecule has 2 N–H and O–H groups in total. The average Bonchev–Trinajstić information content (AvgIpc) is 3.51. The smallest absolute Gasteiger partial charge is 0.248 e. The number of pyridine rings is 1. The molecule has 1 aliphatic heterocycles. The second-order valence-electron chi connectivity index (χ2n) is 9.12. The Balaban J connectivity index is 1.47. The van der Waals surface area contributed by atoms with E-state index < -0.39 is 11.3 Å². The summed E-state index contributed by atoms with van der Waals surface area (Å²) in [5.74, 6) is 1.25. The molecule has 13 heteroatoms. The van der Waals surface area contributed by atoms with Crippen molar-refractivity contribution in [3.63, 3.8) is 0 Å². The Morgan fingerprint density at radius 3 is 2.89 bits per heavy atom. The van der Waals surface area contributed by atoms with Gasteiger partial charge in [0.1, 0.15) is 0 Å². The monoisotopic (exact) mass is 512 g/mol. The molecular formula is C23H26N7O5S-. The van der Waals surface area contributed by atoms with E-state index in [-0.39, 0.29) is 12.1 Å². The second-order valence-corrected chi connectivity index (χ2v) is 9.88. The number of hydrogen-bond donors (Lipinski definition) is 2. The molecule has 0 saturated carbocycles. The molecule has 0 aliphatic carbocycles. The lowest BCUT2D eigenvalue weighted by atomic mass is 10.0. The molecule has 1 saturated heterocycles. The highest BCUT2D eigenvalue weighted by Gasteiger charge is 2.28. The van der Waals surface area contributed by atoms with Gasteiger partial charge in [-0.1, -0.05) is 0 Å². The van der Waals surface area contributed by atoms with Gasteiger partial charge in [0, 0.05) is 53.6 Å². The third-order valence-corrected chi connectivity index (χ3v) is 6.33. The first-order chi connectivity index (χ1) is 17.3. The zero-order chi connectivity index (χ0) is 25.3. The van der Waals surface area contributed by atoms with Crippen molar-refractivity contribution in [2.75, 3.05) is 26.8 Å². The topological polar surface area (TPSA) is 154 Å². The summed E-state index contributed by atoms with van der Waals surface area (Å²) < 4.78 is 41.5. The van der Waals surface area contributed by atoms with Crippen LogP contribution in [0.25, 0.3) is 33.5 Å². The lowest BCUT2D eigenvalue weighted by molar-refractivity contribution is -0.0897. The Hall–Kier alpha value is -3.23. The van der Waals surface area contributed by atoms with Crippen molar-refractivity contribution in [3.8, 4) is 28.5 Å². The molecule has 0 radical (unpaired) electrons. The van der Waals surface area contributed by atoms with E-state index in [4.69, 9.17) is 13.9 Å². The van der Waals surface area contributed by atoms with Gasteiger partial charge in [0.15, 0.2) is 0 Å². The molecule has 0 bridgehead atoms. The van der Waals surface area contributed by atoms with Crippen LogP contribution in [-0.2, 0) is 29.1 Å². The Bertz CT molecular complexity index is 1400. The highest BCUT2D eigenvalue weighted by Crippen LogP contribution is 2.34. The number of fused-ring (bicyclic) bond motifs is 1. The summed E-state index contributed by atoms with van der Waals surface area (Å²) >= 11 is -2.41. The maximum atomic E-state index is 11.0. The molecule has 190 valence electrons. The van der Waals surface area contributed by atoms with Crippen LogP contribution in [0.15, 0.2) is 35.0 Å². The van der Waals surface area contributed by atoms with Crippen molar-refractivity contribution in [3.05, 3.63) is 42.0 Å². The number of aromatic amines is 1. The van der Waals surface area contributed by atoms with Gasteiger partial charge in [-0.25, -0.2) is 9.71 Å². The predicted octanol–water partition coefficient (Wildman–Crippen LogP) is 2.18. The summed E-state index contributed by atoms with van der Waals surface area (Å²) in [6.07, 6.45) is 3.38. The third kappa shape index (κ3) is 5.29. The molecule has 1 aliphatic rings. The van der Waals surface area contributed by atoms with Crippen LogP contribution < -0.4 is 9.46 Å². The zero-order valence-corrected chi connectivity index (χ0v) is 20.9. The van der Waals surface area contributed by atoms with Crippen molar-refractivity contribution in [2.24, 2.45) is 0 Å². The first kappa shape index (κ1) is 24.5.